The maximum Gasteiger partial charge on any atom is 0.573 e. The van der Waals surface area contributed by atoms with Crippen LogP contribution >= 0.6 is 0 Å². The van der Waals surface area contributed by atoms with E-state index in [2.05, 4.69) is 20.0 Å². The number of benzene rings is 1. The highest BCUT2D eigenvalue weighted by Gasteiger charge is 2.47. The van der Waals surface area contributed by atoms with E-state index in [1.165, 1.54) is 0 Å². The molecule has 0 unspecified atom stereocenters. The molecule has 2 aromatic rings. The standard InChI is InChI=1S/C32H39F5N4O8/c1-17-8-6-9-23(17)48-29(45)40-25(30(2,3)4)27(43)41-16-19(15-22(41)28(44)46-5)47-26-24(31(33,34)12-7-13-42)38-21-14-18(49-32(35,36)37)10-11-20(21)39-26/h7,10-12,14,17,19,22-23,25,42H,6,8-9,13,15-16H2,1-5H3,(H,40,45)/b12-7+/t17-,19-,22+,23-,25-/m1/s1. The molecule has 1 saturated heterocycles. The number of carbonyl (C=O) groups is 3. The first-order valence-electron chi connectivity index (χ1n) is 15.6. The number of aliphatic hydroxyl groups excluding tert-OH is 1. The number of nitrogens with one attached hydrogen (secondary N) is 1. The number of halogens is 5. The third-order valence-electron chi connectivity index (χ3n) is 8.30. The van der Waals surface area contributed by atoms with Crippen LogP contribution in [-0.2, 0) is 25.0 Å². The summed E-state index contributed by atoms with van der Waals surface area (Å²) in [7, 11) is 1.11. The van der Waals surface area contributed by atoms with E-state index in [9.17, 15) is 27.6 Å². The fraction of sp³-hybridized carbons (Fsp3) is 0.594. The lowest BCUT2D eigenvalue weighted by Crippen LogP contribution is -2.57. The first kappa shape index (κ1) is 37.5. The molecule has 0 spiro atoms. The van der Waals surface area contributed by atoms with Gasteiger partial charge in [-0.25, -0.2) is 19.6 Å². The Morgan fingerprint density at radius 1 is 1.10 bits per heavy atom. The van der Waals surface area contributed by atoms with Crippen molar-refractivity contribution in [1.29, 1.82) is 0 Å². The van der Waals surface area contributed by atoms with Crippen LogP contribution in [0, 0.1) is 11.3 Å². The minimum atomic E-state index is -5.06. The molecule has 0 radical (unpaired) electrons. The maximum atomic E-state index is 15.4. The van der Waals surface area contributed by atoms with Gasteiger partial charge in [-0.05, 0) is 48.8 Å². The second-order valence-corrected chi connectivity index (χ2v) is 13.1. The Hall–Kier alpha value is -4.28. The molecule has 5 atom stereocenters. The van der Waals surface area contributed by atoms with Crippen molar-refractivity contribution in [2.24, 2.45) is 11.3 Å². The first-order valence-corrected chi connectivity index (χ1v) is 15.6. The zero-order valence-corrected chi connectivity index (χ0v) is 27.6. The summed E-state index contributed by atoms with van der Waals surface area (Å²) in [5, 5.41) is 11.7. The molecule has 1 saturated carbocycles. The van der Waals surface area contributed by atoms with E-state index >= 15 is 8.78 Å². The van der Waals surface area contributed by atoms with Crippen LogP contribution in [0.3, 0.4) is 0 Å². The van der Waals surface area contributed by atoms with Gasteiger partial charge in [0.1, 0.15) is 30.0 Å². The van der Waals surface area contributed by atoms with E-state index < -0.39 is 77.8 Å². The minimum Gasteiger partial charge on any atom is -0.471 e. The number of allylic oxidation sites excluding steroid dienone is 1. The van der Waals surface area contributed by atoms with Gasteiger partial charge < -0.3 is 34.3 Å². The number of aromatic nitrogens is 2. The highest BCUT2D eigenvalue weighted by atomic mass is 19.4. The Morgan fingerprint density at radius 3 is 2.41 bits per heavy atom. The number of rotatable bonds is 10. The molecule has 1 aliphatic heterocycles. The average Bonchev–Trinajstić information content (AvgIpc) is 3.62. The van der Waals surface area contributed by atoms with E-state index in [4.69, 9.17) is 19.3 Å². The van der Waals surface area contributed by atoms with E-state index in [-0.39, 0.29) is 36.0 Å². The maximum absolute atomic E-state index is 15.4. The Morgan fingerprint density at radius 2 is 1.82 bits per heavy atom. The van der Waals surface area contributed by atoms with Crippen molar-refractivity contribution >= 4 is 29.0 Å². The lowest BCUT2D eigenvalue weighted by Gasteiger charge is -2.35. The van der Waals surface area contributed by atoms with Gasteiger partial charge in [0.2, 0.25) is 11.8 Å². The number of fused-ring (bicyclic) bond motifs is 1. The van der Waals surface area contributed by atoms with Crippen LogP contribution in [-0.4, -0.2) is 88.9 Å². The molecule has 1 aromatic carbocycles. The van der Waals surface area contributed by atoms with Crippen LogP contribution in [0.4, 0.5) is 26.7 Å². The van der Waals surface area contributed by atoms with E-state index in [0.29, 0.717) is 12.5 Å². The molecule has 2 amide bonds. The molecule has 270 valence electrons. The SMILES string of the molecule is COC(=O)[C@@H]1C[C@@H](Oc2nc3ccc(OC(F)(F)F)cc3nc2C(F)(F)/C=C/CO)CN1C(=O)[C@@H](NC(=O)O[C@@H]1CCC[C@H]1C)C(C)(C)C. The van der Waals surface area contributed by atoms with E-state index in [1.807, 2.05) is 6.92 Å². The smallest absolute Gasteiger partial charge is 0.471 e. The normalized spacial score (nSPS) is 22.3. The molecular weight excluding hydrogens is 663 g/mol. The molecule has 12 nitrogen and oxygen atoms in total. The highest BCUT2D eigenvalue weighted by molar-refractivity contribution is 5.91. The summed E-state index contributed by atoms with van der Waals surface area (Å²) in [4.78, 5) is 48.9. The number of esters is 1. The third-order valence-corrected chi connectivity index (χ3v) is 8.30. The van der Waals surface area contributed by atoms with Gasteiger partial charge in [-0.1, -0.05) is 33.8 Å². The Bertz CT molecular complexity index is 1560. The number of likely N-dealkylation sites (tertiary alicyclic amines) is 1. The van der Waals surface area contributed by atoms with Crippen LogP contribution in [0.2, 0.25) is 0 Å². The summed E-state index contributed by atoms with van der Waals surface area (Å²) in [6.07, 6.45) is -3.98. The van der Waals surface area contributed by atoms with Gasteiger partial charge in [-0.15, -0.1) is 13.2 Å². The predicted molar refractivity (Wildman–Crippen MR) is 163 cm³/mol. The molecule has 2 N–H and O–H groups in total. The van der Waals surface area contributed by atoms with Crippen molar-refractivity contribution < 1.29 is 60.4 Å². The molecule has 1 aliphatic carbocycles. The highest BCUT2D eigenvalue weighted by Crippen LogP contribution is 2.38. The summed E-state index contributed by atoms with van der Waals surface area (Å²) >= 11 is 0. The van der Waals surface area contributed by atoms with Crippen molar-refractivity contribution in [1.82, 2.24) is 20.2 Å². The number of hydrogen-bond acceptors (Lipinski definition) is 10. The number of hydrogen-bond donors (Lipinski definition) is 2. The van der Waals surface area contributed by atoms with Gasteiger partial charge in [0.15, 0.2) is 5.69 Å². The van der Waals surface area contributed by atoms with E-state index in [0.717, 1.165) is 49.1 Å². The quantitative estimate of drug-likeness (QED) is 0.196. The van der Waals surface area contributed by atoms with Crippen LogP contribution in [0.1, 0.15) is 59.1 Å². The topological polar surface area (TPSA) is 149 Å². The van der Waals surface area contributed by atoms with Crippen LogP contribution in [0.25, 0.3) is 11.0 Å². The van der Waals surface area contributed by atoms with Crippen LogP contribution in [0.5, 0.6) is 11.6 Å². The summed E-state index contributed by atoms with van der Waals surface area (Å²) in [5.41, 5.74) is -2.48. The molecule has 0 bridgehead atoms. The molecule has 49 heavy (non-hydrogen) atoms. The summed E-state index contributed by atoms with van der Waals surface area (Å²) in [6.45, 7) is 6.00. The average molecular weight is 703 g/mol. The number of methoxy groups -OCH3 is 1. The Labute approximate surface area is 278 Å². The number of alkyl carbamates (subject to hydrolysis) is 1. The fourth-order valence-corrected chi connectivity index (χ4v) is 5.83. The van der Waals surface area contributed by atoms with Gasteiger partial charge in [0, 0.05) is 12.5 Å². The van der Waals surface area contributed by atoms with Crippen LogP contribution in [0.15, 0.2) is 30.4 Å². The molecule has 2 fully saturated rings. The summed E-state index contributed by atoms with van der Waals surface area (Å²) < 4.78 is 89.4. The van der Waals surface area contributed by atoms with Gasteiger partial charge in [-0.2, -0.15) is 8.78 Å². The van der Waals surface area contributed by atoms with Crippen molar-refractivity contribution in [3.63, 3.8) is 0 Å². The molecular formula is C32H39F5N4O8. The lowest BCUT2D eigenvalue weighted by atomic mass is 9.85. The predicted octanol–water partition coefficient (Wildman–Crippen LogP) is 5.02. The van der Waals surface area contributed by atoms with Gasteiger partial charge in [0.05, 0.1) is 31.3 Å². The number of nitrogens with zero attached hydrogens (tertiary/aromatic N) is 3. The number of ether oxygens (including phenoxy) is 4. The van der Waals surface area contributed by atoms with Gasteiger partial charge >= 0.3 is 24.3 Å². The number of amides is 2. The second kappa shape index (κ2) is 14.7. The first-order chi connectivity index (χ1) is 22.8. The Balaban J connectivity index is 1.65. The van der Waals surface area contributed by atoms with Gasteiger partial charge in [0.25, 0.3) is 0 Å². The number of alkyl halides is 5. The van der Waals surface area contributed by atoms with Crippen molar-refractivity contribution in [2.75, 3.05) is 20.3 Å². The fourth-order valence-electron chi connectivity index (χ4n) is 5.83. The van der Waals surface area contributed by atoms with Crippen molar-refractivity contribution in [3.05, 3.63) is 36.0 Å². The lowest BCUT2D eigenvalue weighted by molar-refractivity contribution is -0.274. The molecule has 2 heterocycles. The summed E-state index contributed by atoms with van der Waals surface area (Å²) in [5.74, 6) is -6.74. The van der Waals surface area contributed by atoms with Gasteiger partial charge in [-0.3, -0.25) is 4.79 Å². The molecule has 2 aliphatic rings. The number of aliphatic hydroxyl groups is 1. The Kier molecular flexibility index (Phi) is 11.2. The largest absolute Gasteiger partial charge is 0.573 e. The van der Waals surface area contributed by atoms with Crippen LogP contribution < -0.4 is 14.8 Å². The zero-order chi connectivity index (χ0) is 36.3. The van der Waals surface area contributed by atoms with Crippen molar-refractivity contribution in [2.45, 2.75) is 90.0 Å². The third kappa shape index (κ3) is 9.25. The second-order valence-electron chi connectivity index (χ2n) is 13.1. The molecule has 17 heteroatoms. The zero-order valence-electron chi connectivity index (χ0n) is 27.6. The monoisotopic (exact) mass is 702 g/mol. The minimum absolute atomic E-state index is 0.127. The van der Waals surface area contributed by atoms with Crippen molar-refractivity contribution in [3.8, 4) is 11.6 Å². The number of carbonyl (C=O) groups excluding carboxylic acids is 3. The molecule has 4 rings (SSSR count). The molecule has 1 aromatic heterocycles. The van der Waals surface area contributed by atoms with E-state index in [1.54, 1.807) is 20.8 Å². The summed E-state index contributed by atoms with van der Waals surface area (Å²) in [6, 6.07) is 0.331.